The number of benzene rings is 1. The van der Waals surface area contributed by atoms with Crippen LogP contribution in [0.25, 0.3) is 0 Å². The van der Waals surface area contributed by atoms with Gasteiger partial charge in [0.25, 0.3) is 0 Å². The predicted octanol–water partition coefficient (Wildman–Crippen LogP) is 0.392. The molecule has 0 saturated carbocycles. The summed E-state index contributed by atoms with van der Waals surface area (Å²) in [6, 6.07) is 4.22. The Balaban J connectivity index is 2.69. The zero-order chi connectivity index (χ0) is 12.7. The van der Waals surface area contributed by atoms with E-state index in [-0.39, 0.29) is 12.4 Å². The molecule has 0 aromatic heterocycles. The highest BCUT2D eigenvalue weighted by atomic mass is 19.1. The molecule has 0 spiro atoms. The van der Waals surface area contributed by atoms with Crippen LogP contribution in [0, 0.1) is 5.82 Å². The molecule has 0 atom stereocenters. The maximum absolute atomic E-state index is 13.2. The highest BCUT2D eigenvalue weighted by molar-refractivity contribution is 5.97. The summed E-state index contributed by atoms with van der Waals surface area (Å²) in [5, 5.41) is 23.0. The molecule has 1 aromatic rings. The minimum atomic E-state index is -0.437. The smallest absolute Gasteiger partial charge is 0.170 e. The van der Waals surface area contributed by atoms with Crippen LogP contribution in [0.15, 0.2) is 23.4 Å². The second kappa shape index (κ2) is 6.82. The van der Waals surface area contributed by atoms with Crippen molar-refractivity contribution in [3.63, 3.8) is 0 Å². The van der Waals surface area contributed by atoms with Gasteiger partial charge < -0.3 is 21.4 Å². The van der Waals surface area contributed by atoms with Gasteiger partial charge in [0.05, 0.1) is 0 Å². The van der Waals surface area contributed by atoms with Crippen molar-refractivity contribution in [3.8, 4) is 0 Å². The molecule has 0 bridgehead atoms. The molecule has 1 aromatic carbocycles. The summed E-state index contributed by atoms with van der Waals surface area (Å²) >= 11 is 0. The first-order valence-electron chi connectivity index (χ1n) is 5.26. The van der Waals surface area contributed by atoms with Crippen LogP contribution in [-0.4, -0.2) is 29.3 Å². The Morgan fingerprint density at radius 3 is 2.82 bits per heavy atom. The Bertz CT molecular complexity index is 396. The Morgan fingerprint density at radius 1 is 1.41 bits per heavy atom. The van der Waals surface area contributed by atoms with Crippen molar-refractivity contribution < 1.29 is 14.7 Å². The Hall–Kier alpha value is -1.66. The average molecular weight is 241 g/mol. The highest BCUT2D eigenvalue weighted by Gasteiger charge is 2.04. The number of hydrogen-bond acceptors (Lipinski definition) is 4. The second-order valence-electron chi connectivity index (χ2n) is 3.59. The number of oxime groups is 1. The second-order valence-corrected chi connectivity index (χ2v) is 3.59. The van der Waals surface area contributed by atoms with Crippen LogP contribution >= 0.6 is 0 Å². The number of rotatable bonds is 6. The molecule has 0 aliphatic heterocycles. The van der Waals surface area contributed by atoms with E-state index in [1.807, 2.05) is 0 Å². The lowest BCUT2D eigenvalue weighted by Crippen LogP contribution is -2.17. The number of nitrogens with two attached hydrogens (primary N) is 1. The Kier molecular flexibility index (Phi) is 5.38. The fourth-order valence-corrected chi connectivity index (χ4v) is 1.39. The molecule has 1 rings (SSSR count). The van der Waals surface area contributed by atoms with Crippen molar-refractivity contribution in [1.82, 2.24) is 5.32 Å². The zero-order valence-electron chi connectivity index (χ0n) is 9.36. The SMILES string of the molecule is N/C(=N/O)c1cc(F)cc(CNCCCO)c1. The van der Waals surface area contributed by atoms with Gasteiger partial charge in [-0.25, -0.2) is 4.39 Å². The van der Waals surface area contributed by atoms with E-state index >= 15 is 0 Å². The molecule has 5 nitrogen and oxygen atoms in total. The average Bonchev–Trinajstić information content (AvgIpc) is 2.33. The Labute approximate surface area is 98.7 Å². The van der Waals surface area contributed by atoms with Gasteiger partial charge in [-0.2, -0.15) is 0 Å². The number of aliphatic hydroxyl groups excluding tert-OH is 1. The summed E-state index contributed by atoms with van der Waals surface area (Å²) < 4.78 is 13.2. The first-order chi connectivity index (χ1) is 8.17. The third kappa shape index (κ3) is 4.38. The molecular weight excluding hydrogens is 225 g/mol. The number of hydrogen-bond donors (Lipinski definition) is 4. The van der Waals surface area contributed by atoms with Gasteiger partial charge in [0, 0.05) is 18.7 Å². The molecule has 6 heteroatoms. The largest absolute Gasteiger partial charge is 0.409 e. The molecule has 17 heavy (non-hydrogen) atoms. The standard InChI is InChI=1S/C11H16FN3O2/c12-10-5-8(7-14-2-1-3-16)4-9(6-10)11(13)15-17/h4-6,14,16-17H,1-3,7H2,(H2,13,15). The van der Waals surface area contributed by atoms with Gasteiger partial charge >= 0.3 is 0 Å². The van der Waals surface area contributed by atoms with E-state index in [1.54, 1.807) is 6.07 Å². The number of nitrogens with zero attached hydrogens (tertiary/aromatic N) is 1. The van der Waals surface area contributed by atoms with Crippen LogP contribution in [0.4, 0.5) is 4.39 Å². The van der Waals surface area contributed by atoms with E-state index in [0.29, 0.717) is 30.6 Å². The van der Waals surface area contributed by atoms with E-state index in [0.717, 1.165) is 0 Å². The minimum absolute atomic E-state index is 0.117. The van der Waals surface area contributed by atoms with Gasteiger partial charge in [0.15, 0.2) is 5.84 Å². The molecule has 0 fully saturated rings. The monoisotopic (exact) mass is 241 g/mol. The van der Waals surface area contributed by atoms with Crippen LogP contribution in [0.3, 0.4) is 0 Å². The molecule has 0 aliphatic rings. The van der Waals surface area contributed by atoms with Crippen molar-refractivity contribution in [2.45, 2.75) is 13.0 Å². The number of halogens is 1. The highest BCUT2D eigenvalue weighted by Crippen LogP contribution is 2.09. The topological polar surface area (TPSA) is 90.9 Å². The van der Waals surface area contributed by atoms with Crippen molar-refractivity contribution in [1.29, 1.82) is 0 Å². The first-order valence-corrected chi connectivity index (χ1v) is 5.26. The van der Waals surface area contributed by atoms with Gasteiger partial charge in [0.1, 0.15) is 5.82 Å². The van der Waals surface area contributed by atoms with Crippen LogP contribution < -0.4 is 11.1 Å². The molecule has 0 radical (unpaired) electrons. The normalized spacial score (nSPS) is 11.8. The van der Waals surface area contributed by atoms with Crippen molar-refractivity contribution >= 4 is 5.84 Å². The fraction of sp³-hybridized carbons (Fsp3) is 0.364. The van der Waals surface area contributed by atoms with Gasteiger partial charge in [-0.1, -0.05) is 5.16 Å². The third-order valence-corrected chi connectivity index (χ3v) is 2.20. The van der Waals surface area contributed by atoms with E-state index < -0.39 is 5.82 Å². The summed E-state index contributed by atoms with van der Waals surface area (Å²) in [5.41, 5.74) is 6.43. The summed E-state index contributed by atoms with van der Waals surface area (Å²) in [6.45, 7) is 1.22. The molecule has 0 amide bonds. The first kappa shape index (κ1) is 13.4. The summed E-state index contributed by atoms with van der Waals surface area (Å²) in [7, 11) is 0. The molecule has 0 unspecified atom stereocenters. The lowest BCUT2D eigenvalue weighted by molar-refractivity contribution is 0.286. The van der Waals surface area contributed by atoms with E-state index in [9.17, 15) is 4.39 Å². The van der Waals surface area contributed by atoms with Crippen LogP contribution in [0.1, 0.15) is 17.5 Å². The van der Waals surface area contributed by atoms with Crippen molar-refractivity contribution in [3.05, 3.63) is 35.1 Å². The van der Waals surface area contributed by atoms with Gasteiger partial charge in [0.2, 0.25) is 0 Å². The lowest BCUT2D eigenvalue weighted by atomic mass is 10.1. The molecule has 0 saturated heterocycles. The molecule has 94 valence electrons. The van der Waals surface area contributed by atoms with Crippen LogP contribution in [-0.2, 0) is 6.54 Å². The van der Waals surface area contributed by atoms with E-state index in [2.05, 4.69) is 10.5 Å². The summed E-state index contributed by atoms with van der Waals surface area (Å²) in [4.78, 5) is 0. The molecule has 0 aliphatic carbocycles. The van der Waals surface area contributed by atoms with E-state index in [1.165, 1.54) is 12.1 Å². The third-order valence-electron chi connectivity index (χ3n) is 2.20. The summed E-state index contributed by atoms with van der Waals surface area (Å²) in [6.07, 6.45) is 0.641. The van der Waals surface area contributed by atoms with Crippen molar-refractivity contribution in [2.24, 2.45) is 10.9 Å². The molecular formula is C11H16FN3O2. The summed E-state index contributed by atoms with van der Waals surface area (Å²) in [5.74, 6) is -0.561. The van der Waals surface area contributed by atoms with Crippen LogP contribution in [0.5, 0.6) is 0 Å². The number of aliphatic hydroxyl groups is 1. The maximum atomic E-state index is 13.2. The predicted molar refractivity (Wildman–Crippen MR) is 62.3 cm³/mol. The maximum Gasteiger partial charge on any atom is 0.170 e. The number of nitrogens with one attached hydrogen (secondary N) is 1. The van der Waals surface area contributed by atoms with Crippen molar-refractivity contribution in [2.75, 3.05) is 13.2 Å². The number of amidine groups is 1. The minimum Gasteiger partial charge on any atom is -0.409 e. The zero-order valence-corrected chi connectivity index (χ0v) is 9.36. The quantitative estimate of drug-likeness (QED) is 0.191. The van der Waals surface area contributed by atoms with Gasteiger partial charge in [-0.05, 0) is 36.7 Å². The lowest BCUT2D eigenvalue weighted by Gasteiger charge is -2.06. The van der Waals surface area contributed by atoms with Gasteiger partial charge in [-0.3, -0.25) is 0 Å². The molecule has 5 N–H and O–H groups in total. The van der Waals surface area contributed by atoms with E-state index in [4.69, 9.17) is 16.0 Å². The van der Waals surface area contributed by atoms with Crippen LogP contribution in [0.2, 0.25) is 0 Å². The molecule has 0 heterocycles. The van der Waals surface area contributed by atoms with Gasteiger partial charge in [-0.15, -0.1) is 0 Å². The Morgan fingerprint density at radius 2 is 2.18 bits per heavy atom. The fourth-order valence-electron chi connectivity index (χ4n) is 1.39.